The average molecular weight is 661 g/mol. The lowest BCUT2D eigenvalue weighted by Gasteiger charge is -2.11. The predicted molar refractivity (Wildman–Crippen MR) is 175 cm³/mol. The number of hydrogen-bond acceptors (Lipinski definition) is 8. The monoisotopic (exact) mass is 660 g/mol. The van der Waals surface area contributed by atoms with Gasteiger partial charge in [0, 0.05) is 10.8 Å². The summed E-state index contributed by atoms with van der Waals surface area (Å²) < 4.78 is 11.0. The second-order valence-corrected chi connectivity index (χ2v) is 10.3. The number of nitrogens with one attached hydrogen (secondary N) is 4. The van der Waals surface area contributed by atoms with E-state index in [2.05, 4.69) is 21.3 Å². The fraction of sp³-hybridized carbons (Fsp3) is 0.235. The van der Waals surface area contributed by atoms with E-state index in [0.717, 1.165) is 21.5 Å². The van der Waals surface area contributed by atoms with Gasteiger partial charge in [0.05, 0.1) is 13.1 Å². The van der Waals surface area contributed by atoms with Gasteiger partial charge < -0.3 is 41.0 Å². The SMILES string of the molecule is C[C@H](NC(=O)CNC(=O)COc1cccc2ccccc12)C(=O)O.C[C@H](NC(=O)CNC(=O)COc1cccc2ccccc12)C(=O)O. The third-order valence-corrected chi connectivity index (χ3v) is 6.60. The third-order valence-electron chi connectivity index (χ3n) is 6.60. The molecule has 6 N–H and O–H groups in total. The van der Waals surface area contributed by atoms with Crippen molar-refractivity contribution >= 4 is 57.1 Å². The summed E-state index contributed by atoms with van der Waals surface area (Å²) in [5.74, 6) is -3.24. The largest absolute Gasteiger partial charge is 0.483 e. The number of fused-ring (bicyclic) bond motifs is 2. The van der Waals surface area contributed by atoms with Crippen LogP contribution in [0.1, 0.15) is 13.8 Å². The van der Waals surface area contributed by atoms with Crippen LogP contribution in [0.15, 0.2) is 84.9 Å². The second kappa shape index (κ2) is 18.1. The number of benzene rings is 4. The van der Waals surface area contributed by atoms with Gasteiger partial charge in [0.2, 0.25) is 11.8 Å². The van der Waals surface area contributed by atoms with Crippen molar-refractivity contribution in [2.75, 3.05) is 26.3 Å². The Bertz CT molecular complexity index is 1640. The molecular formula is C34H36N4O10. The van der Waals surface area contributed by atoms with E-state index in [1.54, 1.807) is 12.1 Å². The number of hydrogen-bond donors (Lipinski definition) is 6. The Morgan fingerprint density at radius 3 is 1.27 bits per heavy atom. The highest BCUT2D eigenvalue weighted by molar-refractivity contribution is 5.91. The van der Waals surface area contributed by atoms with Crippen LogP contribution in [0.5, 0.6) is 11.5 Å². The molecule has 0 aliphatic heterocycles. The first kappa shape index (κ1) is 36.3. The maximum atomic E-state index is 11.7. The Kier molecular flexibility index (Phi) is 13.7. The van der Waals surface area contributed by atoms with Crippen molar-refractivity contribution in [2.45, 2.75) is 25.9 Å². The lowest BCUT2D eigenvalue weighted by molar-refractivity contribution is -0.141. The molecule has 2 atom stereocenters. The molecule has 0 saturated heterocycles. The lowest BCUT2D eigenvalue weighted by atomic mass is 10.1. The molecular weight excluding hydrogens is 624 g/mol. The molecule has 0 spiro atoms. The van der Waals surface area contributed by atoms with E-state index in [1.807, 2.05) is 72.8 Å². The van der Waals surface area contributed by atoms with Gasteiger partial charge in [-0.1, -0.05) is 72.8 Å². The zero-order chi connectivity index (χ0) is 35.1. The Morgan fingerprint density at radius 1 is 0.542 bits per heavy atom. The number of carbonyl (C=O) groups is 6. The molecule has 0 aliphatic rings. The minimum absolute atomic E-state index is 0.240. The molecule has 4 amide bonds. The Morgan fingerprint density at radius 2 is 0.896 bits per heavy atom. The van der Waals surface area contributed by atoms with Gasteiger partial charge in [-0.15, -0.1) is 0 Å². The minimum atomic E-state index is -1.14. The van der Waals surface area contributed by atoms with Gasteiger partial charge in [0.1, 0.15) is 23.6 Å². The summed E-state index contributed by atoms with van der Waals surface area (Å²) >= 11 is 0. The van der Waals surface area contributed by atoms with E-state index in [-0.39, 0.29) is 26.3 Å². The van der Waals surface area contributed by atoms with Gasteiger partial charge in [0.15, 0.2) is 13.2 Å². The summed E-state index contributed by atoms with van der Waals surface area (Å²) in [6.45, 7) is 1.58. The first-order valence-corrected chi connectivity index (χ1v) is 14.7. The molecule has 4 aromatic rings. The van der Waals surface area contributed by atoms with Gasteiger partial charge in [-0.05, 0) is 36.8 Å². The quantitative estimate of drug-likeness (QED) is 0.116. The molecule has 48 heavy (non-hydrogen) atoms. The number of ether oxygens (including phenoxy) is 2. The standard InChI is InChI=1S/2C17H18N2O5/c2*1-11(17(22)23)19-15(20)9-18-16(21)10-24-14-8-4-6-12-5-2-3-7-13(12)14/h2*2-8,11H,9-10H2,1H3,(H,18,21)(H,19,20)(H,22,23)/t2*11-/m00/s1. The van der Waals surface area contributed by atoms with Crippen molar-refractivity contribution in [3.8, 4) is 11.5 Å². The van der Waals surface area contributed by atoms with Gasteiger partial charge in [-0.2, -0.15) is 0 Å². The Labute approximate surface area is 275 Å². The van der Waals surface area contributed by atoms with Crippen LogP contribution in [0.3, 0.4) is 0 Å². The Balaban J connectivity index is 0.000000260. The van der Waals surface area contributed by atoms with Crippen LogP contribution in [0.4, 0.5) is 0 Å². The van der Waals surface area contributed by atoms with Crippen molar-refractivity contribution in [2.24, 2.45) is 0 Å². The highest BCUT2D eigenvalue weighted by Gasteiger charge is 2.16. The van der Waals surface area contributed by atoms with Crippen molar-refractivity contribution in [3.05, 3.63) is 84.9 Å². The summed E-state index contributed by atoms with van der Waals surface area (Å²) in [5, 5.41) is 30.4. The topological polar surface area (TPSA) is 209 Å². The lowest BCUT2D eigenvalue weighted by Crippen LogP contribution is -2.44. The molecule has 0 heterocycles. The number of carbonyl (C=O) groups excluding carboxylic acids is 4. The van der Waals surface area contributed by atoms with Gasteiger partial charge >= 0.3 is 11.9 Å². The number of aliphatic carboxylic acids is 2. The van der Waals surface area contributed by atoms with E-state index in [9.17, 15) is 28.8 Å². The maximum absolute atomic E-state index is 11.7. The molecule has 14 heteroatoms. The molecule has 0 aliphatic carbocycles. The van der Waals surface area contributed by atoms with Gasteiger partial charge in [0.25, 0.3) is 11.8 Å². The number of carboxylic acid groups (broad SMARTS) is 2. The van der Waals surface area contributed by atoms with Crippen LogP contribution in [0.25, 0.3) is 21.5 Å². The van der Waals surface area contributed by atoms with E-state index < -0.39 is 47.7 Å². The molecule has 0 saturated carbocycles. The second-order valence-electron chi connectivity index (χ2n) is 10.3. The first-order chi connectivity index (χ1) is 22.9. The minimum Gasteiger partial charge on any atom is -0.483 e. The predicted octanol–water partition coefficient (Wildman–Crippen LogP) is 1.85. The summed E-state index contributed by atoms with van der Waals surface area (Å²) in [6, 6.07) is 24.3. The Hall–Kier alpha value is -6.18. The smallest absolute Gasteiger partial charge is 0.325 e. The van der Waals surface area contributed by atoms with Crippen LogP contribution < -0.4 is 30.7 Å². The maximum Gasteiger partial charge on any atom is 0.325 e. The number of amides is 4. The van der Waals surface area contributed by atoms with Crippen LogP contribution >= 0.6 is 0 Å². The van der Waals surface area contributed by atoms with Crippen molar-refractivity contribution in [3.63, 3.8) is 0 Å². The molecule has 0 radical (unpaired) electrons. The van der Waals surface area contributed by atoms with Crippen LogP contribution in [0, 0.1) is 0 Å². The van der Waals surface area contributed by atoms with Crippen molar-refractivity contribution < 1.29 is 48.5 Å². The number of rotatable bonds is 14. The molecule has 14 nitrogen and oxygen atoms in total. The average Bonchev–Trinajstić information content (AvgIpc) is 3.08. The number of carboxylic acids is 2. The molecule has 0 aromatic heterocycles. The first-order valence-electron chi connectivity index (χ1n) is 14.7. The third kappa shape index (κ3) is 11.6. The normalized spacial score (nSPS) is 11.5. The summed E-state index contributed by atoms with van der Waals surface area (Å²) in [7, 11) is 0. The van der Waals surface area contributed by atoms with E-state index in [4.69, 9.17) is 19.7 Å². The molecule has 4 rings (SSSR count). The molecule has 252 valence electrons. The zero-order valence-electron chi connectivity index (χ0n) is 26.2. The zero-order valence-corrected chi connectivity index (χ0v) is 26.2. The van der Waals surface area contributed by atoms with Crippen LogP contribution in [-0.4, -0.2) is 84.2 Å². The van der Waals surface area contributed by atoms with Crippen molar-refractivity contribution in [1.82, 2.24) is 21.3 Å². The van der Waals surface area contributed by atoms with Crippen LogP contribution in [-0.2, 0) is 28.8 Å². The molecule has 0 unspecified atom stereocenters. The van der Waals surface area contributed by atoms with E-state index >= 15 is 0 Å². The highest BCUT2D eigenvalue weighted by atomic mass is 16.5. The fourth-order valence-electron chi connectivity index (χ4n) is 4.10. The van der Waals surface area contributed by atoms with Crippen molar-refractivity contribution in [1.29, 1.82) is 0 Å². The molecule has 4 aromatic carbocycles. The molecule has 0 fully saturated rings. The van der Waals surface area contributed by atoms with Crippen LogP contribution in [0.2, 0.25) is 0 Å². The molecule has 0 bridgehead atoms. The van der Waals surface area contributed by atoms with E-state index in [1.165, 1.54) is 13.8 Å². The summed E-state index contributed by atoms with van der Waals surface area (Å²) in [5.41, 5.74) is 0. The van der Waals surface area contributed by atoms with E-state index in [0.29, 0.717) is 11.5 Å². The highest BCUT2D eigenvalue weighted by Crippen LogP contribution is 2.25. The summed E-state index contributed by atoms with van der Waals surface area (Å²) in [4.78, 5) is 67.7. The van der Waals surface area contributed by atoms with Gasteiger partial charge in [-0.3, -0.25) is 28.8 Å². The summed E-state index contributed by atoms with van der Waals surface area (Å²) in [6.07, 6.45) is 0. The fourth-order valence-corrected chi connectivity index (χ4v) is 4.10. The van der Waals surface area contributed by atoms with Gasteiger partial charge in [-0.25, -0.2) is 0 Å².